The summed E-state index contributed by atoms with van der Waals surface area (Å²) in [5.41, 5.74) is 3.64. The molecule has 0 atom stereocenters. The van der Waals surface area contributed by atoms with Crippen molar-refractivity contribution in [3.05, 3.63) is 84.8 Å². The van der Waals surface area contributed by atoms with Crippen LogP contribution in [0, 0.1) is 0 Å². The van der Waals surface area contributed by atoms with Gasteiger partial charge in [0.15, 0.2) is 25.1 Å². The van der Waals surface area contributed by atoms with Crippen LogP contribution in [0.5, 0.6) is 0 Å². The van der Waals surface area contributed by atoms with Crippen molar-refractivity contribution < 1.29 is 34.4 Å². The first-order chi connectivity index (χ1) is 9.42. The normalized spacial score (nSPS) is 9.33. The standard InChI is InChI=1S/C17H15N2.2ClH/c1-2-6-15(7-3-1)14-19-12-9-16(10-13-19)17-8-4-5-11-18-17;;/h1-13H,14H2;2*1H/q+1;;/p-1. The van der Waals surface area contributed by atoms with Crippen LogP contribution in [0.25, 0.3) is 11.3 Å². The number of aromatic nitrogens is 2. The Hall–Kier alpha value is -1.90. The van der Waals surface area contributed by atoms with Crippen LogP contribution in [0.1, 0.15) is 5.56 Å². The highest BCUT2D eigenvalue weighted by atomic mass is 35.5. The maximum absolute atomic E-state index is 3.24. The molecule has 0 amide bonds. The summed E-state index contributed by atoms with van der Waals surface area (Å²) in [6.45, 7) is 0.902. The molecule has 0 aliphatic carbocycles. The van der Waals surface area contributed by atoms with E-state index < -0.39 is 0 Å². The van der Waals surface area contributed by atoms with Crippen LogP contribution in [0.3, 0.4) is 0 Å². The van der Waals surface area contributed by atoms with Crippen molar-refractivity contribution in [2.45, 2.75) is 6.54 Å². The summed E-state index contributed by atoms with van der Waals surface area (Å²) < 4.78 is 2.18. The maximum Gasteiger partial charge on any atom is 0.211 e. The number of hydrogen-bond acceptors (Lipinski definition) is 0. The fraction of sp³-hybridized carbons (Fsp3) is 0.0588. The number of pyridine rings is 2. The number of nitrogens with zero attached hydrogens (tertiary/aromatic N) is 1. The summed E-state index contributed by atoms with van der Waals surface area (Å²) in [4.78, 5) is 3.24. The second-order valence-corrected chi connectivity index (χ2v) is 4.52. The lowest BCUT2D eigenvalue weighted by atomic mass is 10.2. The Morgan fingerprint density at radius 1 is 0.762 bits per heavy atom. The van der Waals surface area contributed by atoms with Gasteiger partial charge in [-0.2, -0.15) is 0 Å². The van der Waals surface area contributed by atoms with E-state index >= 15 is 0 Å². The third-order valence-electron chi connectivity index (χ3n) is 3.12. The minimum Gasteiger partial charge on any atom is -1.00 e. The molecule has 3 aromatic rings. The summed E-state index contributed by atoms with van der Waals surface area (Å²) >= 11 is 0. The topological polar surface area (TPSA) is 18.0 Å². The minimum atomic E-state index is 0. The molecule has 2 aromatic heterocycles. The molecule has 0 radical (unpaired) electrons. The van der Waals surface area contributed by atoms with Crippen molar-refractivity contribution in [1.82, 2.24) is 0 Å². The molecular formula is C17H16Cl2N2. The number of nitrogens with one attached hydrogen (secondary N) is 1. The van der Waals surface area contributed by atoms with Crippen LogP contribution in [0.15, 0.2) is 79.3 Å². The molecule has 0 spiro atoms. The summed E-state index contributed by atoms with van der Waals surface area (Å²) in [7, 11) is 0. The van der Waals surface area contributed by atoms with Crippen molar-refractivity contribution >= 4 is 0 Å². The molecule has 3 rings (SSSR count). The van der Waals surface area contributed by atoms with Gasteiger partial charge in [0, 0.05) is 29.8 Å². The molecule has 0 saturated heterocycles. The van der Waals surface area contributed by atoms with Gasteiger partial charge in [0.2, 0.25) is 5.69 Å². The van der Waals surface area contributed by atoms with Crippen LogP contribution < -0.4 is 34.4 Å². The monoisotopic (exact) mass is 318 g/mol. The zero-order chi connectivity index (χ0) is 12.9. The Kier molecular flexibility index (Phi) is 6.86. The second kappa shape index (κ2) is 8.40. The van der Waals surface area contributed by atoms with E-state index in [0.717, 1.165) is 12.2 Å². The number of aromatic amines is 1. The van der Waals surface area contributed by atoms with E-state index in [2.05, 4.69) is 64.4 Å². The van der Waals surface area contributed by atoms with Crippen LogP contribution in [0.4, 0.5) is 0 Å². The predicted molar refractivity (Wildman–Crippen MR) is 74.2 cm³/mol. The average Bonchev–Trinajstić information content (AvgIpc) is 2.50. The lowest BCUT2D eigenvalue weighted by Gasteiger charge is -1.98. The van der Waals surface area contributed by atoms with E-state index in [1.165, 1.54) is 11.1 Å². The van der Waals surface area contributed by atoms with Gasteiger partial charge >= 0.3 is 0 Å². The molecule has 4 heteroatoms. The zero-order valence-electron chi connectivity index (χ0n) is 11.4. The van der Waals surface area contributed by atoms with Crippen molar-refractivity contribution in [1.29, 1.82) is 0 Å². The second-order valence-electron chi connectivity index (χ2n) is 4.52. The SMILES string of the molecule is [Cl-].[Cl-].c1ccc(C[n+]2ccc(-c3cccc[nH+]3)cc2)cc1. The van der Waals surface area contributed by atoms with Crippen molar-refractivity contribution in [2.75, 3.05) is 0 Å². The number of H-pyrrole nitrogens is 1. The van der Waals surface area contributed by atoms with E-state index in [9.17, 15) is 0 Å². The van der Waals surface area contributed by atoms with Gasteiger partial charge in [0.25, 0.3) is 0 Å². The molecule has 1 aromatic carbocycles. The van der Waals surface area contributed by atoms with Crippen molar-refractivity contribution in [2.24, 2.45) is 0 Å². The molecule has 0 saturated carbocycles. The van der Waals surface area contributed by atoms with Gasteiger partial charge < -0.3 is 24.8 Å². The quantitative estimate of drug-likeness (QED) is 0.446. The van der Waals surface area contributed by atoms with Gasteiger partial charge in [-0.1, -0.05) is 30.3 Å². The zero-order valence-corrected chi connectivity index (χ0v) is 12.9. The van der Waals surface area contributed by atoms with E-state index in [-0.39, 0.29) is 24.8 Å². The molecule has 1 N–H and O–H groups in total. The average molecular weight is 319 g/mol. The molecule has 21 heavy (non-hydrogen) atoms. The maximum atomic E-state index is 3.24. The summed E-state index contributed by atoms with van der Waals surface area (Å²) in [6, 6.07) is 20.9. The first-order valence-corrected chi connectivity index (χ1v) is 6.42. The summed E-state index contributed by atoms with van der Waals surface area (Å²) in [5, 5.41) is 0. The fourth-order valence-electron chi connectivity index (χ4n) is 2.11. The smallest absolute Gasteiger partial charge is 0.211 e. The van der Waals surface area contributed by atoms with Crippen molar-refractivity contribution in [3.63, 3.8) is 0 Å². The van der Waals surface area contributed by atoms with Gasteiger partial charge in [-0.05, 0) is 6.07 Å². The number of rotatable bonds is 3. The highest BCUT2D eigenvalue weighted by molar-refractivity contribution is 5.53. The van der Waals surface area contributed by atoms with Gasteiger partial charge in [-0.25, -0.2) is 9.55 Å². The van der Waals surface area contributed by atoms with Crippen LogP contribution in [-0.4, -0.2) is 0 Å². The Labute approximate surface area is 137 Å². The van der Waals surface area contributed by atoms with Gasteiger partial charge in [-0.15, -0.1) is 0 Å². The van der Waals surface area contributed by atoms with Crippen molar-refractivity contribution in [3.8, 4) is 11.3 Å². The Morgan fingerprint density at radius 3 is 2.05 bits per heavy atom. The van der Waals surface area contributed by atoms with Crippen LogP contribution in [-0.2, 0) is 6.54 Å². The van der Waals surface area contributed by atoms with Crippen LogP contribution in [0.2, 0.25) is 0 Å². The van der Waals surface area contributed by atoms with E-state index in [1.54, 1.807) is 0 Å². The first-order valence-electron chi connectivity index (χ1n) is 6.42. The third-order valence-corrected chi connectivity index (χ3v) is 3.12. The Balaban J connectivity index is 0.00000110. The van der Waals surface area contributed by atoms with E-state index in [1.807, 2.05) is 24.4 Å². The number of benzene rings is 1. The summed E-state index contributed by atoms with van der Waals surface area (Å²) in [5.74, 6) is 0. The first kappa shape index (κ1) is 17.2. The molecule has 108 valence electrons. The third kappa shape index (κ3) is 4.55. The molecule has 2 heterocycles. The fourth-order valence-corrected chi connectivity index (χ4v) is 2.11. The van der Waals surface area contributed by atoms with Gasteiger partial charge in [0.05, 0.1) is 5.56 Å². The molecular weight excluding hydrogens is 303 g/mol. The molecule has 0 fully saturated rings. The molecule has 2 nitrogen and oxygen atoms in total. The number of hydrogen-bond donors (Lipinski definition) is 0. The highest BCUT2D eigenvalue weighted by Gasteiger charge is 2.07. The lowest BCUT2D eigenvalue weighted by Crippen LogP contribution is -3.00. The highest BCUT2D eigenvalue weighted by Crippen LogP contribution is 2.10. The summed E-state index contributed by atoms with van der Waals surface area (Å²) in [6.07, 6.45) is 6.17. The molecule has 0 aliphatic rings. The lowest BCUT2D eigenvalue weighted by molar-refractivity contribution is -0.688. The Morgan fingerprint density at radius 2 is 1.43 bits per heavy atom. The molecule has 0 bridgehead atoms. The van der Waals surface area contributed by atoms with Gasteiger partial charge in [-0.3, -0.25) is 0 Å². The van der Waals surface area contributed by atoms with Gasteiger partial charge in [0.1, 0.15) is 0 Å². The van der Waals surface area contributed by atoms with E-state index in [4.69, 9.17) is 0 Å². The molecule has 0 unspecified atom stereocenters. The molecule has 0 aliphatic heterocycles. The number of halogens is 2. The Bertz CT molecular complexity index is 641. The largest absolute Gasteiger partial charge is 1.00 e. The minimum absolute atomic E-state index is 0. The predicted octanol–water partition coefficient (Wildman–Crippen LogP) is -3.49. The van der Waals surface area contributed by atoms with Crippen LogP contribution >= 0.6 is 0 Å². The van der Waals surface area contributed by atoms with E-state index in [0.29, 0.717) is 0 Å².